The normalized spacial score (nSPS) is 10.6. The van der Waals surface area contributed by atoms with E-state index in [-0.39, 0.29) is 0 Å². The fourth-order valence-corrected chi connectivity index (χ4v) is 2.81. The van der Waals surface area contributed by atoms with Gasteiger partial charge in [-0.1, -0.05) is 54.1 Å². The third kappa shape index (κ3) is 2.59. The first-order valence-electron chi connectivity index (χ1n) is 6.32. The van der Waals surface area contributed by atoms with Gasteiger partial charge in [0.25, 0.3) is 0 Å². The molecule has 0 saturated carbocycles. The number of nitrogens with zero attached hydrogens (tertiary/aromatic N) is 1. The van der Waals surface area contributed by atoms with E-state index in [2.05, 4.69) is 67.4 Å². The maximum Gasteiger partial charge on any atom is 0.123 e. The molecule has 0 unspecified atom stereocenters. The molecule has 0 atom stereocenters. The molecule has 1 heterocycles. The Morgan fingerprint density at radius 3 is 1.79 bits per heavy atom. The van der Waals surface area contributed by atoms with E-state index in [0.717, 1.165) is 5.01 Å². The van der Waals surface area contributed by atoms with Crippen LogP contribution in [0.1, 0.15) is 10.4 Å². The van der Waals surface area contributed by atoms with Gasteiger partial charge in [-0.15, -0.1) is 11.3 Å². The fraction of sp³-hybridized carbons (Fsp3) is 0.118. The quantitative estimate of drug-likeness (QED) is 0.628. The Labute approximate surface area is 117 Å². The van der Waals surface area contributed by atoms with Gasteiger partial charge < -0.3 is 0 Å². The van der Waals surface area contributed by atoms with Gasteiger partial charge in [0.2, 0.25) is 0 Å². The van der Waals surface area contributed by atoms with E-state index in [4.69, 9.17) is 0 Å². The molecule has 0 amide bonds. The first-order valence-corrected chi connectivity index (χ1v) is 7.14. The monoisotopic (exact) mass is 265 g/mol. The fourth-order valence-electron chi connectivity index (χ4n) is 2.04. The van der Waals surface area contributed by atoms with Crippen LogP contribution >= 0.6 is 11.3 Å². The molecule has 0 fully saturated rings. The molecule has 2 aromatic carbocycles. The number of thiazole rings is 1. The van der Waals surface area contributed by atoms with E-state index < -0.39 is 0 Å². The number of benzene rings is 2. The zero-order valence-electron chi connectivity index (χ0n) is 11.1. The summed E-state index contributed by atoms with van der Waals surface area (Å²) in [4.78, 5) is 5.67. The molecule has 1 aromatic heterocycles. The molecule has 0 aliphatic rings. The van der Waals surface area contributed by atoms with Crippen LogP contribution in [-0.2, 0) is 0 Å². The third-order valence-corrected chi connectivity index (χ3v) is 4.10. The molecule has 0 bridgehead atoms. The Morgan fingerprint density at radius 1 is 0.737 bits per heavy atom. The summed E-state index contributed by atoms with van der Waals surface area (Å²) < 4.78 is 0. The minimum Gasteiger partial charge on any atom is -0.244 e. The maximum atomic E-state index is 4.42. The van der Waals surface area contributed by atoms with Gasteiger partial charge in [-0.2, -0.15) is 0 Å². The lowest BCUT2D eigenvalue weighted by molar-refractivity contribution is 1.38. The summed E-state index contributed by atoms with van der Waals surface area (Å²) in [6.45, 7) is 4.19. The molecule has 1 nitrogen and oxygen atoms in total. The van der Waals surface area contributed by atoms with Gasteiger partial charge in [-0.25, -0.2) is 4.98 Å². The van der Waals surface area contributed by atoms with Gasteiger partial charge in [0.15, 0.2) is 0 Å². The van der Waals surface area contributed by atoms with E-state index in [1.54, 1.807) is 11.3 Å². The Balaban J connectivity index is 1.92. The lowest BCUT2D eigenvalue weighted by Crippen LogP contribution is -1.80. The number of aryl methyl sites for hydroxylation is 2. The molecule has 0 N–H and O–H groups in total. The molecule has 0 saturated heterocycles. The van der Waals surface area contributed by atoms with Crippen LogP contribution in [0, 0.1) is 13.8 Å². The SMILES string of the molecule is Cc1ccc(-c2ccc(-c3ncc(C)s3)cc2)cc1. The molecule has 0 aliphatic carbocycles. The highest BCUT2D eigenvalue weighted by Crippen LogP contribution is 2.27. The summed E-state index contributed by atoms with van der Waals surface area (Å²) in [6, 6.07) is 17.2. The minimum absolute atomic E-state index is 1.09. The van der Waals surface area contributed by atoms with Crippen LogP contribution < -0.4 is 0 Å². The first-order chi connectivity index (χ1) is 9.22. The number of rotatable bonds is 2. The highest BCUT2D eigenvalue weighted by atomic mass is 32.1. The highest BCUT2D eigenvalue weighted by Gasteiger charge is 2.03. The lowest BCUT2D eigenvalue weighted by atomic mass is 10.0. The van der Waals surface area contributed by atoms with Crippen LogP contribution in [-0.4, -0.2) is 4.98 Å². The van der Waals surface area contributed by atoms with E-state index in [0.29, 0.717) is 0 Å². The Morgan fingerprint density at radius 2 is 1.26 bits per heavy atom. The van der Waals surface area contributed by atoms with Crippen molar-refractivity contribution in [2.75, 3.05) is 0 Å². The number of aromatic nitrogens is 1. The van der Waals surface area contributed by atoms with Crippen molar-refractivity contribution in [3.8, 4) is 21.7 Å². The van der Waals surface area contributed by atoms with E-state index in [1.807, 2.05) is 6.20 Å². The van der Waals surface area contributed by atoms with Crippen molar-refractivity contribution in [2.45, 2.75) is 13.8 Å². The molecule has 2 heteroatoms. The third-order valence-electron chi connectivity index (χ3n) is 3.14. The average Bonchev–Trinajstić information content (AvgIpc) is 2.87. The lowest BCUT2D eigenvalue weighted by Gasteiger charge is -2.03. The molecular formula is C17H15NS. The number of hydrogen-bond acceptors (Lipinski definition) is 2. The standard InChI is InChI=1S/C17H15NS/c1-12-3-5-14(6-4-12)15-7-9-16(10-8-15)17-18-11-13(2)19-17/h3-11H,1-2H3. The summed E-state index contributed by atoms with van der Waals surface area (Å²) in [7, 11) is 0. The second kappa shape index (κ2) is 4.98. The van der Waals surface area contributed by atoms with Crippen LogP contribution in [0.2, 0.25) is 0 Å². The largest absolute Gasteiger partial charge is 0.244 e. The molecule has 0 aliphatic heterocycles. The summed E-state index contributed by atoms with van der Waals surface area (Å²) in [5, 5.41) is 1.09. The summed E-state index contributed by atoms with van der Waals surface area (Å²) in [5.74, 6) is 0. The van der Waals surface area contributed by atoms with Crippen molar-refractivity contribution in [1.82, 2.24) is 4.98 Å². The van der Waals surface area contributed by atoms with E-state index >= 15 is 0 Å². The van der Waals surface area contributed by atoms with Crippen molar-refractivity contribution in [3.63, 3.8) is 0 Å². The van der Waals surface area contributed by atoms with Gasteiger partial charge in [0.05, 0.1) is 0 Å². The molecule has 0 spiro atoms. The average molecular weight is 265 g/mol. The molecule has 94 valence electrons. The van der Waals surface area contributed by atoms with Gasteiger partial charge in [-0.3, -0.25) is 0 Å². The second-order valence-corrected chi connectivity index (χ2v) is 5.95. The van der Waals surface area contributed by atoms with Crippen LogP contribution in [0.15, 0.2) is 54.7 Å². The van der Waals surface area contributed by atoms with Crippen molar-refractivity contribution in [2.24, 2.45) is 0 Å². The van der Waals surface area contributed by atoms with Crippen molar-refractivity contribution < 1.29 is 0 Å². The molecule has 19 heavy (non-hydrogen) atoms. The summed E-state index contributed by atoms with van der Waals surface area (Å²) in [6.07, 6.45) is 1.92. The van der Waals surface area contributed by atoms with Crippen LogP contribution in [0.5, 0.6) is 0 Å². The molecule has 0 radical (unpaired) electrons. The topological polar surface area (TPSA) is 12.9 Å². The van der Waals surface area contributed by atoms with Gasteiger partial charge in [0.1, 0.15) is 5.01 Å². The predicted octanol–water partition coefficient (Wildman–Crippen LogP) is 5.09. The van der Waals surface area contributed by atoms with Gasteiger partial charge in [0, 0.05) is 16.6 Å². The Hall–Kier alpha value is -1.93. The molecule has 3 rings (SSSR count). The van der Waals surface area contributed by atoms with Gasteiger partial charge >= 0.3 is 0 Å². The van der Waals surface area contributed by atoms with Crippen LogP contribution in [0.4, 0.5) is 0 Å². The second-order valence-electron chi connectivity index (χ2n) is 4.72. The van der Waals surface area contributed by atoms with Crippen molar-refractivity contribution in [3.05, 3.63) is 65.2 Å². The molecular weight excluding hydrogens is 250 g/mol. The van der Waals surface area contributed by atoms with Crippen LogP contribution in [0.25, 0.3) is 21.7 Å². The smallest absolute Gasteiger partial charge is 0.123 e. The van der Waals surface area contributed by atoms with E-state index in [1.165, 1.54) is 27.1 Å². The zero-order valence-corrected chi connectivity index (χ0v) is 11.9. The Kier molecular flexibility index (Phi) is 3.18. The zero-order chi connectivity index (χ0) is 13.2. The predicted molar refractivity (Wildman–Crippen MR) is 82.5 cm³/mol. The first kappa shape index (κ1) is 12.1. The van der Waals surface area contributed by atoms with Gasteiger partial charge in [-0.05, 0) is 25.0 Å². The van der Waals surface area contributed by atoms with E-state index in [9.17, 15) is 0 Å². The van der Waals surface area contributed by atoms with Crippen molar-refractivity contribution >= 4 is 11.3 Å². The highest BCUT2D eigenvalue weighted by molar-refractivity contribution is 7.14. The minimum atomic E-state index is 1.09. The summed E-state index contributed by atoms with van der Waals surface area (Å²) >= 11 is 1.73. The Bertz CT molecular complexity index is 678. The summed E-state index contributed by atoms with van der Waals surface area (Å²) in [5.41, 5.74) is 4.98. The maximum absolute atomic E-state index is 4.42. The number of hydrogen-bond donors (Lipinski definition) is 0. The van der Waals surface area contributed by atoms with Crippen molar-refractivity contribution in [1.29, 1.82) is 0 Å². The van der Waals surface area contributed by atoms with Crippen LogP contribution in [0.3, 0.4) is 0 Å². The molecule has 3 aromatic rings.